The van der Waals surface area contributed by atoms with Crippen LogP contribution in [-0.2, 0) is 4.74 Å². The molecule has 0 radical (unpaired) electrons. The lowest BCUT2D eigenvalue weighted by Gasteiger charge is -2.45. The lowest BCUT2D eigenvalue weighted by atomic mass is 9.65. The first-order valence-corrected chi connectivity index (χ1v) is 14.0. The van der Waals surface area contributed by atoms with Crippen molar-refractivity contribution in [2.45, 2.75) is 115 Å². The maximum Gasteiger partial charge on any atom is 0.128 e. The van der Waals surface area contributed by atoms with E-state index < -0.39 is 0 Å². The highest BCUT2D eigenvalue weighted by atomic mass is 16.5. The summed E-state index contributed by atoms with van der Waals surface area (Å²) < 4.78 is 6.43. The molecule has 3 fully saturated rings. The molecule has 172 valence electrons. The van der Waals surface area contributed by atoms with Gasteiger partial charge in [0.05, 0.1) is 11.4 Å². The number of nitrogens with zero attached hydrogens (tertiary/aromatic N) is 1. The van der Waals surface area contributed by atoms with E-state index in [1.54, 1.807) is 0 Å². The minimum Gasteiger partial charge on any atom is -0.462 e. The van der Waals surface area contributed by atoms with Gasteiger partial charge in [0.25, 0.3) is 0 Å². The second-order valence-electron chi connectivity index (χ2n) is 11.3. The van der Waals surface area contributed by atoms with Crippen molar-refractivity contribution in [1.29, 1.82) is 0 Å². The van der Waals surface area contributed by atoms with Gasteiger partial charge in [-0.25, -0.2) is 0 Å². The lowest BCUT2D eigenvalue weighted by Crippen LogP contribution is -2.40. The van der Waals surface area contributed by atoms with E-state index in [-0.39, 0.29) is 0 Å². The third-order valence-electron chi connectivity index (χ3n) is 9.39. The molecule has 6 rings (SSSR count). The molecule has 0 saturated heterocycles. The number of ether oxygens (including phenoxy) is 1. The number of hydrogen-bond acceptors (Lipinski definition) is 2. The Morgan fingerprint density at radius 2 is 1.59 bits per heavy atom. The molecule has 2 unspecified atom stereocenters. The molecule has 0 bridgehead atoms. The standard InChI is InChI=1S/C30H41NO/c1-2-11-26-23(8-1)9-7-10-24(26)19-16-22-17-20-25(21-18-22)31-27-12-3-5-14-29(27)32-30-15-6-4-13-28(30)31/h3,12,22-26H,1-2,4-11,13-15,17-18,20-21H2/t22?,23?,24?,25?,26-/m1/s1. The first kappa shape index (κ1) is 20.9. The van der Waals surface area contributed by atoms with Crippen LogP contribution in [0, 0.1) is 35.5 Å². The molecule has 1 heterocycles. The molecular weight excluding hydrogens is 390 g/mol. The normalized spacial score (nSPS) is 37.0. The van der Waals surface area contributed by atoms with Crippen LogP contribution in [-0.4, -0.2) is 10.9 Å². The fourth-order valence-corrected chi connectivity index (χ4v) is 7.71. The van der Waals surface area contributed by atoms with Crippen LogP contribution in [0.25, 0.3) is 0 Å². The molecule has 0 aromatic heterocycles. The number of fused-ring (bicyclic) bond motifs is 1. The molecule has 0 amide bonds. The summed E-state index contributed by atoms with van der Waals surface area (Å²) in [6.07, 6.45) is 27.1. The number of allylic oxidation sites excluding steroid dienone is 5. The van der Waals surface area contributed by atoms with Gasteiger partial charge in [0, 0.05) is 30.7 Å². The van der Waals surface area contributed by atoms with Gasteiger partial charge in [0.2, 0.25) is 0 Å². The number of rotatable bonds is 1. The summed E-state index contributed by atoms with van der Waals surface area (Å²) in [5.41, 5.74) is 2.90. The third kappa shape index (κ3) is 4.06. The van der Waals surface area contributed by atoms with E-state index in [9.17, 15) is 0 Å². The molecule has 2 nitrogen and oxygen atoms in total. The zero-order valence-corrected chi connectivity index (χ0v) is 19.9. The van der Waals surface area contributed by atoms with E-state index in [2.05, 4.69) is 28.9 Å². The van der Waals surface area contributed by atoms with E-state index in [0.717, 1.165) is 31.1 Å². The second kappa shape index (κ2) is 9.32. The van der Waals surface area contributed by atoms with Crippen molar-refractivity contribution in [2.24, 2.45) is 23.7 Å². The minimum absolute atomic E-state index is 0.631. The average molecular weight is 432 g/mol. The Bertz CT molecular complexity index is 857. The predicted octanol–water partition coefficient (Wildman–Crippen LogP) is 7.83. The molecule has 6 aliphatic rings. The van der Waals surface area contributed by atoms with Gasteiger partial charge in [0.15, 0.2) is 0 Å². The summed E-state index contributed by atoms with van der Waals surface area (Å²) in [7, 11) is 0. The molecule has 0 aromatic carbocycles. The quantitative estimate of drug-likeness (QED) is 0.392. The molecule has 32 heavy (non-hydrogen) atoms. The summed E-state index contributed by atoms with van der Waals surface area (Å²) in [6.45, 7) is 0. The Labute approximate surface area is 195 Å². The van der Waals surface area contributed by atoms with Crippen LogP contribution >= 0.6 is 0 Å². The Morgan fingerprint density at radius 1 is 0.750 bits per heavy atom. The molecule has 5 aliphatic carbocycles. The van der Waals surface area contributed by atoms with E-state index in [1.165, 1.54) is 113 Å². The largest absolute Gasteiger partial charge is 0.462 e. The monoisotopic (exact) mass is 431 g/mol. The van der Waals surface area contributed by atoms with Gasteiger partial charge >= 0.3 is 0 Å². The lowest BCUT2D eigenvalue weighted by molar-refractivity contribution is 0.134. The summed E-state index contributed by atoms with van der Waals surface area (Å²) >= 11 is 0. The van der Waals surface area contributed by atoms with Gasteiger partial charge in [-0.05, 0) is 82.1 Å². The Morgan fingerprint density at radius 3 is 2.53 bits per heavy atom. The van der Waals surface area contributed by atoms with Crippen molar-refractivity contribution in [3.63, 3.8) is 0 Å². The van der Waals surface area contributed by atoms with Crippen molar-refractivity contribution in [1.82, 2.24) is 4.90 Å². The zero-order valence-electron chi connectivity index (χ0n) is 19.9. The van der Waals surface area contributed by atoms with Gasteiger partial charge in [-0.2, -0.15) is 0 Å². The highest BCUT2D eigenvalue weighted by Gasteiger charge is 2.37. The van der Waals surface area contributed by atoms with Gasteiger partial charge < -0.3 is 9.64 Å². The van der Waals surface area contributed by atoms with E-state index in [0.29, 0.717) is 17.9 Å². The average Bonchev–Trinajstić information content (AvgIpc) is 2.86. The second-order valence-corrected chi connectivity index (χ2v) is 11.3. The topological polar surface area (TPSA) is 12.5 Å². The highest BCUT2D eigenvalue weighted by Crippen LogP contribution is 2.45. The Hall–Kier alpha value is -1.62. The highest BCUT2D eigenvalue weighted by molar-refractivity contribution is 5.36. The van der Waals surface area contributed by atoms with E-state index >= 15 is 0 Å². The van der Waals surface area contributed by atoms with Gasteiger partial charge in [-0.15, -0.1) is 0 Å². The molecule has 0 spiro atoms. The predicted molar refractivity (Wildman–Crippen MR) is 130 cm³/mol. The van der Waals surface area contributed by atoms with Crippen LogP contribution < -0.4 is 0 Å². The van der Waals surface area contributed by atoms with Gasteiger partial charge in [0.1, 0.15) is 11.5 Å². The minimum atomic E-state index is 0.631. The maximum absolute atomic E-state index is 6.43. The van der Waals surface area contributed by atoms with E-state index in [1.807, 2.05) is 0 Å². The molecular formula is C30H41NO. The summed E-state index contributed by atoms with van der Waals surface area (Å²) in [5, 5.41) is 0. The van der Waals surface area contributed by atoms with Crippen molar-refractivity contribution in [2.75, 3.05) is 0 Å². The summed E-state index contributed by atoms with van der Waals surface area (Å²) in [4.78, 5) is 2.74. The Balaban J connectivity index is 1.13. The van der Waals surface area contributed by atoms with Crippen LogP contribution in [0.3, 0.4) is 0 Å². The van der Waals surface area contributed by atoms with Crippen molar-refractivity contribution < 1.29 is 4.74 Å². The molecule has 3 atom stereocenters. The van der Waals surface area contributed by atoms with Crippen molar-refractivity contribution in [3.05, 3.63) is 35.1 Å². The first-order valence-electron chi connectivity index (χ1n) is 14.0. The van der Waals surface area contributed by atoms with Crippen LogP contribution in [0.2, 0.25) is 0 Å². The first-order chi connectivity index (χ1) is 15.9. The fourth-order valence-electron chi connectivity index (χ4n) is 7.71. The summed E-state index contributed by atoms with van der Waals surface area (Å²) in [5.74, 6) is 13.5. The van der Waals surface area contributed by atoms with Gasteiger partial charge in [-0.3, -0.25) is 0 Å². The zero-order chi connectivity index (χ0) is 21.3. The van der Waals surface area contributed by atoms with Crippen molar-refractivity contribution in [3.8, 4) is 11.8 Å². The Kier molecular flexibility index (Phi) is 6.10. The van der Waals surface area contributed by atoms with Crippen LogP contribution in [0.15, 0.2) is 35.1 Å². The van der Waals surface area contributed by atoms with Crippen LogP contribution in [0.1, 0.15) is 109 Å². The molecule has 1 aliphatic heterocycles. The van der Waals surface area contributed by atoms with Crippen LogP contribution in [0.4, 0.5) is 0 Å². The maximum atomic E-state index is 6.43. The molecule has 0 N–H and O–H groups in total. The SMILES string of the molecule is C(#CC1CCCC2CCCC[C@@H]12)C1CCC(N2C3=C(CCC=C3)OC3=C2CCCC3)CC1. The summed E-state index contributed by atoms with van der Waals surface area (Å²) in [6, 6.07) is 0.644. The smallest absolute Gasteiger partial charge is 0.128 e. The van der Waals surface area contributed by atoms with Crippen molar-refractivity contribution >= 4 is 0 Å². The van der Waals surface area contributed by atoms with Crippen LogP contribution in [0.5, 0.6) is 0 Å². The third-order valence-corrected chi connectivity index (χ3v) is 9.39. The molecule has 0 aromatic rings. The fraction of sp³-hybridized carbons (Fsp3) is 0.733. The van der Waals surface area contributed by atoms with E-state index in [4.69, 9.17) is 4.74 Å². The number of hydrogen-bond donors (Lipinski definition) is 0. The molecule has 2 heteroatoms. The molecule has 3 saturated carbocycles. The van der Waals surface area contributed by atoms with Gasteiger partial charge in [-0.1, -0.05) is 50.0 Å².